The lowest BCUT2D eigenvalue weighted by Crippen LogP contribution is -2.46. The minimum atomic E-state index is -1.94. The Morgan fingerprint density at radius 1 is 1.25 bits per heavy atom. The van der Waals surface area contributed by atoms with Gasteiger partial charge in [0.25, 0.3) is 0 Å². The summed E-state index contributed by atoms with van der Waals surface area (Å²) in [6.45, 7) is 20.6. The molecule has 158 valence electrons. The molecule has 3 nitrogen and oxygen atoms in total. The molecule has 0 amide bonds. The van der Waals surface area contributed by atoms with Crippen LogP contribution in [-0.2, 0) is 13.9 Å². The van der Waals surface area contributed by atoms with Gasteiger partial charge in [0.2, 0.25) is 0 Å². The summed E-state index contributed by atoms with van der Waals surface area (Å²) in [5, 5.41) is 0.145. The molecule has 1 heterocycles. The molecule has 5 heteroatoms. The summed E-state index contributed by atoms with van der Waals surface area (Å²) in [5.41, 5.74) is 1.01. The van der Waals surface area contributed by atoms with Crippen molar-refractivity contribution >= 4 is 20.1 Å². The first kappa shape index (κ1) is 23.7. The third kappa shape index (κ3) is 5.73. The quantitative estimate of drug-likeness (QED) is 0.253. The summed E-state index contributed by atoms with van der Waals surface area (Å²) >= 11 is 1.82. The monoisotopic (exact) mass is 422 g/mol. The maximum Gasteiger partial charge on any atom is 0.192 e. The highest BCUT2D eigenvalue weighted by molar-refractivity contribution is 7.99. The number of ether oxygens (including phenoxy) is 2. The normalized spacial score (nSPS) is 20.9. The van der Waals surface area contributed by atoms with Crippen molar-refractivity contribution in [2.24, 2.45) is 0 Å². The van der Waals surface area contributed by atoms with E-state index in [1.807, 2.05) is 17.8 Å². The number of thioether (sulfide) groups is 1. The Morgan fingerprint density at radius 3 is 2.36 bits per heavy atom. The maximum atomic E-state index is 6.82. The van der Waals surface area contributed by atoms with Crippen molar-refractivity contribution in [3.05, 3.63) is 42.5 Å². The van der Waals surface area contributed by atoms with Gasteiger partial charge in [-0.3, -0.25) is 0 Å². The molecule has 1 aromatic rings. The standard InChI is InChI=1S/C23H38O3SSi/c1-9-23(10-2)24-16-20(25-23)18(3)21(26-28(7,8)22(4,5)6)17-27-19-14-12-11-13-15-19/h11-15,20-21H,3,9-10,16-17H2,1-2,4-8H3/t20-,21-/m1/s1. The SMILES string of the molecule is C=C([C@H]1COC(CC)(CC)O1)[C@@H](CSc1ccccc1)O[Si](C)(C)C(C)(C)C. The Bertz CT molecular complexity index is 635. The van der Waals surface area contributed by atoms with Gasteiger partial charge in [-0.25, -0.2) is 0 Å². The van der Waals surface area contributed by atoms with Crippen LogP contribution in [0.3, 0.4) is 0 Å². The second kappa shape index (κ2) is 9.48. The lowest BCUT2D eigenvalue weighted by Gasteiger charge is -2.40. The van der Waals surface area contributed by atoms with Crippen molar-refractivity contribution in [3.8, 4) is 0 Å². The fourth-order valence-corrected chi connectivity index (χ4v) is 5.40. The summed E-state index contributed by atoms with van der Waals surface area (Å²) < 4.78 is 19.2. The largest absolute Gasteiger partial charge is 0.409 e. The summed E-state index contributed by atoms with van der Waals surface area (Å²) in [5.74, 6) is 0.363. The molecule has 1 aliphatic heterocycles. The van der Waals surface area contributed by atoms with Crippen LogP contribution in [0.15, 0.2) is 47.4 Å². The van der Waals surface area contributed by atoms with Crippen LogP contribution in [0.1, 0.15) is 47.5 Å². The highest BCUT2D eigenvalue weighted by Gasteiger charge is 2.44. The molecule has 1 fully saturated rings. The Kier molecular flexibility index (Phi) is 8.02. The van der Waals surface area contributed by atoms with E-state index in [2.05, 4.69) is 78.6 Å². The van der Waals surface area contributed by atoms with Crippen LogP contribution in [0.5, 0.6) is 0 Å². The third-order valence-electron chi connectivity index (χ3n) is 6.15. The summed E-state index contributed by atoms with van der Waals surface area (Å²) in [7, 11) is -1.94. The van der Waals surface area contributed by atoms with Gasteiger partial charge in [-0.05, 0) is 48.7 Å². The van der Waals surface area contributed by atoms with Gasteiger partial charge < -0.3 is 13.9 Å². The molecule has 0 aromatic heterocycles. The molecular formula is C23H38O3SSi. The van der Waals surface area contributed by atoms with Crippen molar-refractivity contribution in [3.63, 3.8) is 0 Å². The zero-order valence-corrected chi connectivity index (χ0v) is 20.5. The van der Waals surface area contributed by atoms with E-state index in [4.69, 9.17) is 13.9 Å². The lowest BCUT2D eigenvalue weighted by atomic mass is 10.1. The first-order valence-corrected chi connectivity index (χ1v) is 14.3. The van der Waals surface area contributed by atoms with Crippen LogP contribution >= 0.6 is 11.8 Å². The van der Waals surface area contributed by atoms with Crippen LogP contribution in [0, 0.1) is 0 Å². The summed E-state index contributed by atoms with van der Waals surface area (Å²) in [6, 6.07) is 10.5. The molecule has 0 aliphatic carbocycles. The second-order valence-electron chi connectivity index (χ2n) is 9.10. The summed E-state index contributed by atoms with van der Waals surface area (Å²) in [6.07, 6.45) is 1.54. The lowest BCUT2D eigenvalue weighted by molar-refractivity contribution is -0.168. The molecule has 0 unspecified atom stereocenters. The van der Waals surface area contributed by atoms with Crippen molar-refractivity contribution < 1.29 is 13.9 Å². The van der Waals surface area contributed by atoms with E-state index >= 15 is 0 Å². The predicted octanol–water partition coefficient (Wildman–Crippen LogP) is 6.66. The number of hydrogen-bond acceptors (Lipinski definition) is 4. The van der Waals surface area contributed by atoms with Gasteiger partial charge in [-0.1, -0.05) is 59.4 Å². The van der Waals surface area contributed by atoms with Crippen LogP contribution in [-0.4, -0.2) is 38.7 Å². The molecule has 0 saturated carbocycles. The molecular weight excluding hydrogens is 384 g/mol. The molecule has 0 bridgehead atoms. The fraction of sp³-hybridized carbons (Fsp3) is 0.652. The average molecular weight is 423 g/mol. The van der Waals surface area contributed by atoms with Gasteiger partial charge in [0.1, 0.15) is 6.10 Å². The van der Waals surface area contributed by atoms with E-state index < -0.39 is 14.1 Å². The van der Waals surface area contributed by atoms with Crippen molar-refractivity contribution in [1.82, 2.24) is 0 Å². The van der Waals surface area contributed by atoms with Crippen molar-refractivity contribution in [1.29, 1.82) is 0 Å². The smallest absolute Gasteiger partial charge is 0.192 e. The zero-order chi connectivity index (χ0) is 21.0. The molecule has 0 radical (unpaired) electrons. The molecule has 28 heavy (non-hydrogen) atoms. The predicted molar refractivity (Wildman–Crippen MR) is 123 cm³/mol. The van der Waals surface area contributed by atoms with Crippen LogP contribution in [0.2, 0.25) is 18.1 Å². The zero-order valence-electron chi connectivity index (χ0n) is 18.7. The minimum absolute atomic E-state index is 0.0517. The van der Waals surface area contributed by atoms with Gasteiger partial charge in [-0.15, -0.1) is 11.8 Å². The van der Waals surface area contributed by atoms with Gasteiger partial charge in [0.15, 0.2) is 14.1 Å². The fourth-order valence-electron chi connectivity index (χ4n) is 3.00. The number of rotatable bonds is 9. The Labute approximate surface area is 177 Å². The van der Waals surface area contributed by atoms with E-state index in [0.29, 0.717) is 6.61 Å². The van der Waals surface area contributed by atoms with Crippen LogP contribution in [0.25, 0.3) is 0 Å². The van der Waals surface area contributed by atoms with Gasteiger partial charge >= 0.3 is 0 Å². The molecule has 1 aliphatic rings. The Morgan fingerprint density at radius 2 is 1.86 bits per heavy atom. The highest BCUT2D eigenvalue weighted by Crippen LogP contribution is 2.40. The van der Waals surface area contributed by atoms with Crippen LogP contribution in [0.4, 0.5) is 0 Å². The number of benzene rings is 1. The van der Waals surface area contributed by atoms with Crippen molar-refractivity contribution in [2.75, 3.05) is 12.4 Å². The highest BCUT2D eigenvalue weighted by atomic mass is 32.2. The maximum absolute atomic E-state index is 6.82. The molecule has 2 rings (SSSR count). The third-order valence-corrected chi connectivity index (χ3v) is 11.7. The van der Waals surface area contributed by atoms with Crippen molar-refractivity contribution in [2.45, 2.75) is 88.5 Å². The molecule has 2 atom stereocenters. The first-order chi connectivity index (χ1) is 13.0. The minimum Gasteiger partial charge on any atom is -0.409 e. The first-order valence-electron chi connectivity index (χ1n) is 10.4. The molecule has 1 saturated heterocycles. The van der Waals surface area contributed by atoms with E-state index in [1.54, 1.807) is 0 Å². The topological polar surface area (TPSA) is 27.7 Å². The number of hydrogen-bond donors (Lipinski definition) is 0. The van der Waals surface area contributed by atoms with Gasteiger partial charge in [0.05, 0.1) is 12.7 Å². The van der Waals surface area contributed by atoms with Gasteiger partial charge in [-0.2, -0.15) is 0 Å². The van der Waals surface area contributed by atoms with E-state index in [1.165, 1.54) is 4.90 Å². The van der Waals surface area contributed by atoms with E-state index in [9.17, 15) is 0 Å². The Balaban J connectivity index is 2.16. The molecule has 1 aromatic carbocycles. The Hall–Kier alpha value is -0.593. The second-order valence-corrected chi connectivity index (χ2v) is 15.0. The summed E-state index contributed by atoms with van der Waals surface area (Å²) in [4.78, 5) is 1.25. The molecule has 0 N–H and O–H groups in total. The molecule has 0 spiro atoms. The average Bonchev–Trinajstić information content (AvgIpc) is 3.09. The van der Waals surface area contributed by atoms with Gasteiger partial charge in [0, 0.05) is 10.6 Å². The van der Waals surface area contributed by atoms with E-state index in [0.717, 1.165) is 24.2 Å². The van der Waals surface area contributed by atoms with Crippen LogP contribution < -0.4 is 0 Å². The van der Waals surface area contributed by atoms with E-state index in [-0.39, 0.29) is 17.2 Å².